The van der Waals surface area contributed by atoms with Gasteiger partial charge in [-0.05, 0) is 6.92 Å². The van der Waals surface area contributed by atoms with Gasteiger partial charge in [-0.3, -0.25) is 52.5 Å². The smallest absolute Gasteiger partial charge is 0.394 e. The van der Waals surface area contributed by atoms with Crippen molar-refractivity contribution in [3.8, 4) is 0 Å². The molecule has 8 N–H and O–H groups in total. The molecule has 0 aromatic rings. The van der Waals surface area contributed by atoms with Crippen LogP contribution in [0.3, 0.4) is 0 Å². The zero-order chi connectivity index (χ0) is 24.3. The number of aliphatic carboxylic acids is 1. The number of primary amides is 1. The molecule has 1 aliphatic rings. The largest absolute Gasteiger partial charge is 0.480 e. The number of carbonyl (C=O) groups excluding carboxylic acids is 3. The van der Waals surface area contributed by atoms with Crippen LogP contribution in [0.1, 0.15) is 6.92 Å². The molecule has 1 heterocycles. The van der Waals surface area contributed by atoms with Crippen molar-refractivity contribution in [3.63, 3.8) is 0 Å². The summed E-state index contributed by atoms with van der Waals surface area (Å²) in [5, 5.41) is 11.5. The summed E-state index contributed by atoms with van der Waals surface area (Å²) in [7, 11) is -9.33. The van der Waals surface area contributed by atoms with Crippen LogP contribution in [0.15, 0.2) is 0 Å². The van der Waals surface area contributed by atoms with Crippen molar-refractivity contribution in [1.29, 1.82) is 0 Å². The van der Waals surface area contributed by atoms with E-state index >= 15 is 0 Å². The van der Waals surface area contributed by atoms with Crippen LogP contribution in [0.5, 0.6) is 0 Å². The van der Waals surface area contributed by atoms with Gasteiger partial charge in [0.2, 0.25) is 17.7 Å². The first-order valence-corrected chi connectivity index (χ1v) is 10.3. The number of nitrogens with one attached hydrogen (secondary N) is 1. The molecule has 176 valence electrons. The van der Waals surface area contributed by atoms with Gasteiger partial charge in [-0.25, -0.2) is 0 Å². The van der Waals surface area contributed by atoms with Crippen LogP contribution in [-0.4, -0.2) is 112 Å². The Hall–Kier alpha value is -2.26. The van der Waals surface area contributed by atoms with Crippen LogP contribution in [-0.2, 0) is 40.0 Å². The van der Waals surface area contributed by atoms with E-state index in [1.807, 2.05) is 0 Å². The van der Waals surface area contributed by atoms with Gasteiger partial charge in [-0.1, -0.05) is 0 Å². The second kappa shape index (κ2) is 13.1. The number of hydrogen-bond acceptors (Lipinski definition) is 10. The first-order chi connectivity index (χ1) is 13.3. The minimum Gasteiger partial charge on any atom is -0.480 e. The molecule has 1 fully saturated rings. The first-order valence-electron chi connectivity index (χ1n) is 7.49. The fourth-order valence-corrected chi connectivity index (χ4v) is 1.93. The zero-order valence-corrected chi connectivity index (χ0v) is 17.0. The standard InChI is InChI=1S/C11H18N4O5.2H2O4S/c1-7(14(5-8(12)16)6-11(19)20)4-15-9(17)2-13-3-10(15)18;2*1-5(2,3)4/h7,13H,2-6H2,1H3,(H2,12,16)(H,19,20);2*(H2,1,2,3,4)/t7-;;/m0../s1. The highest BCUT2D eigenvalue weighted by molar-refractivity contribution is 7.80. The molecule has 0 spiro atoms. The van der Waals surface area contributed by atoms with Gasteiger partial charge in [-0.2, -0.15) is 16.8 Å². The highest BCUT2D eigenvalue weighted by atomic mass is 32.3. The van der Waals surface area contributed by atoms with Crippen LogP contribution in [0.4, 0.5) is 0 Å². The summed E-state index contributed by atoms with van der Waals surface area (Å²) < 4.78 is 63.2. The fraction of sp³-hybridized carbons (Fsp3) is 0.636. The number of hydrogen-bond donors (Lipinski definition) is 7. The maximum absolute atomic E-state index is 11.6. The monoisotopic (exact) mass is 482 g/mol. The summed E-state index contributed by atoms with van der Waals surface area (Å²) in [5.41, 5.74) is 5.06. The Morgan fingerprint density at radius 3 is 1.70 bits per heavy atom. The highest BCUT2D eigenvalue weighted by Crippen LogP contribution is 2.05. The van der Waals surface area contributed by atoms with Crippen molar-refractivity contribution in [2.24, 2.45) is 5.73 Å². The number of piperazine rings is 1. The molecule has 0 aromatic heterocycles. The van der Waals surface area contributed by atoms with Gasteiger partial charge < -0.3 is 10.8 Å². The van der Waals surface area contributed by atoms with Crippen LogP contribution < -0.4 is 11.1 Å². The lowest BCUT2D eigenvalue weighted by Gasteiger charge is -2.32. The van der Waals surface area contributed by atoms with Crippen LogP contribution in [0, 0.1) is 0 Å². The summed E-state index contributed by atoms with van der Waals surface area (Å²) in [6.07, 6.45) is 0. The van der Waals surface area contributed by atoms with Gasteiger partial charge in [-0.15, -0.1) is 0 Å². The molecule has 3 amide bonds. The van der Waals surface area contributed by atoms with E-state index in [1.165, 1.54) is 4.90 Å². The molecule has 0 saturated carbocycles. The quantitative estimate of drug-likeness (QED) is 0.134. The van der Waals surface area contributed by atoms with Crippen molar-refractivity contribution in [2.75, 3.05) is 32.7 Å². The number of carboxylic acid groups (broad SMARTS) is 1. The van der Waals surface area contributed by atoms with Crippen molar-refractivity contribution in [2.45, 2.75) is 13.0 Å². The number of rotatable bonds is 7. The van der Waals surface area contributed by atoms with E-state index in [1.54, 1.807) is 6.92 Å². The van der Waals surface area contributed by atoms with Crippen molar-refractivity contribution >= 4 is 44.5 Å². The summed E-state index contributed by atoms with van der Waals surface area (Å²) >= 11 is 0. The summed E-state index contributed by atoms with van der Waals surface area (Å²) in [4.78, 5) is 47.3. The number of amides is 3. The Balaban J connectivity index is 0. The van der Waals surface area contributed by atoms with Gasteiger partial charge >= 0.3 is 26.8 Å². The van der Waals surface area contributed by atoms with Crippen molar-refractivity contribution < 1.29 is 59.3 Å². The molecule has 0 aromatic carbocycles. The van der Waals surface area contributed by atoms with E-state index in [9.17, 15) is 19.2 Å². The normalized spacial score (nSPS) is 15.5. The van der Waals surface area contributed by atoms with Crippen molar-refractivity contribution in [1.82, 2.24) is 15.1 Å². The van der Waals surface area contributed by atoms with E-state index in [2.05, 4.69) is 5.32 Å². The molecular weight excluding hydrogens is 460 g/mol. The lowest BCUT2D eigenvalue weighted by atomic mass is 10.2. The molecule has 0 aliphatic carbocycles. The molecular formula is C11H22N4O13S2. The second-order valence-corrected chi connectivity index (χ2v) is 7.30. The lowest BCUT2D eigenvalue weighted by Crippen LogP contribution is -2.56. The third-order valence-corrected chi connectivity index (χ3v) is 2.92. The molecule has 1 saturated heterocycles. The predicted octanol–water partition coefficient (Wildman–Crippen LogP) is -4.10. The average molecular weight is 482 g/mol. The van der Waals surface area contributed by atoms with Crippen LogP contribution in [0.25, 0.3) is 0 Å². The maximum Gasteiger partial charge on any atom is 0.394 e. The van der Waals surface area contributed by atoms with Crippen molar-refractivity contribution in [3.05, 3.63) is 0 Å². The molecule has 0 unspecified atom stereocenters. The Morgan fingerprint density at radius 1 is 1.03 bits per heavy atom. The second-order valence-electron chi connectivity index (χ2n) is 5.51. The maximum atomic E-state index is 11.6. The number of imide groups is 1. The first kappa shape index (κ1) is 29.9. The molecule has 30 heavy (non-hydrogen) atoms. The number of carbonyl (C=O) groups is 4. The van der Waals surface area contributed by atoms with E-state index in [4.69, 9.17) is 45.9 Å². The third-order valence-electron chi connectivity index (χ3n) is 2.92. The van der Waals surface area contributed by atoms with Gasteiger partial charge in [0.05, 0.1) is 26.2 Å². The Bertz CT molecular complexity index is 748. The lowest BCUT2D eigenvalue weighted by molar-refractivity contribution is -0.147. The Morgan fingerprint density at radius 2 is 1.40 bits per heavy atom. The zero-order valence-electron chi connectivity index (χ0n) is 15.4. The summed E-state index contributed by atoms with van der Waals surface area (Å²) in [6, 6.07) is -0.482. The molecule has 1 atom stereocenters. The number of nitrogens with two attached hydrogens (primary N) is 1. The van der Waals surface area contributed by atoms with Crippen LogP contribution >= 0.6 is 0 Å². The number of nitrogens with zero attached hydrogens (tertiary/aromatic N) is 2. The van der Waals surface area contributed by atoms with E-state index in [0.717, 1.165) is 4.90 Å². The fourth-order valence-electron chi connectivity index (χ4n) is 1.93. The molecule has 1 aliphatic heterocycles. The predicted molar refractivity (Wildman–Crippen MR) is 95.8 cm³/mol. The Kier molecular flexibility index (Phi) is 13.1. The minimum absolute atomic E-state index is 0.0277. The highest BCUT2D eigenvalue weighted by Gasteiger charge is 2.29. The van der Waals surface area contributed by atoms with Gasteiger partial charge in [0.25, 0.3) is 0 Å². The minimum atomic E-state index is -4.67. The SMILES string of the molecule is C[C@@H](CN1C(=O)CNCC1=O)N(CC(N)=O)CC(=O)O.O=S(=O)(O)O.O=S(=O)(O)O. The van der Waals surface area contributed by atoms with E-state index in [0.29, 0.717) is 0 Å². The average Bonchev–Trinajstić information content (AvgIpc) is 2.46. The molecule has 17 nitrogen and oxygen atoms in total. The van der Waals surface area contributed by atoms with E-state index in [-0.39, 0.29) is 38.0 Å². The van der Waals surface area contributed by atoms with Gasteiger partial charge in [0.1, 0.15) is 0 Å². The van der Waals surface area contributed by atoms with E-state index < -0.39 is 45.3 Å². The van der Waals surface area contributed by atoms with Gasteiger partial charge in [0, 0.05) is 12.6 Å². The third kappa shape index (κ3) is 20.5. The summed E-state index contributed by atoms with van der Waals surface area (Å²) in [5.74, 6) is -2.53. The van der Waals surface area contributed by atoms with Crippen LogP contribution in [0.2, 0.25) is 0 Å². The Labute approximate surface area is 171 Å². The topological polar surface area (TPSA) is 282 Å². The number of carboxylic acids is 1. The van der Waals surface area contributed by atoms with Gasteiger partial charge in [0.15, 0.2) is 0 Å². The molecule has 19 heteroatoms. The molecule has 0 radical (unpaired) electrons. The summed E-state index contributed by atoms with van der Waals surface area (Å²) in [6.45, 7) is 1.15. The molecule has 1 rings (SSSR count). The molecule has 0 bridgehead atoms.